The van der Waals surface area contributed by atoms with Crippen LogP contribution in [0.5, 0.6) is 5.75 Å². The first-order chi connectivity index (χ1) is 13.9. The molecule has 1 aromatic carbocycles. The number of amides is 2. The van der Waals surface area contributed by atoms with Gasteiger partial charge in [-0.15, -0.1) is 11.3 Å². The minimum absolute atomic E-state index is 0.250. The molecule has 2 N–H and O–H groups in total. The van der Waals surface area contributed by atoms with E-state index in [0.717, 1.165) is 36.1 Å². The number of rotatable bonds is 6. The number of carbonyl (C=O) groups excluding carboxylic acids is 3. The van der Waals surface area contributed by atoms with Crippen molar-refractivity contribution in [2.24, 2.45) is 0 Å². The molecule has 0 saturated heterocycles. The van der Waals surface area contributed by atoms with Gasteiger partial charge in [0.05, 0.1) is 18.4 Å². The summed E-state index contributed by atoms with van der Waals surface area (Å²) in [5.41, 5.74) is 1.79. The van der Waals surface area contributed by atoms with Gasteiger partial charge in [0, 0.05) is 11.8 Å². The van der Waals surface area contributed by atoms with Crippen LogP contribution < -0.4 is 15.4 Å². The van der Waals surface area contributed by atoms with E-state index in [-0.39, 0.29) is 5.91 Å². The van der Waals surface area contributed by atoms with Crippen molar-refractivity contribution in [2.45, 2.75) is 45.6 Å². The van der Waals surface area contributed by atoms with Crippen molar-refractivity contribution in [3.05, 3.63) is 40.3 Å². The highest BCUT2D eigenvalue weighted by atomic mass is 32.1. The first-order valence-electron chi connectivity index (χ1n) is 9.47. The molecule has 1 unspecified atom stereocenters. The van der Waals surface area contributed by atoms with E-state index in [1.165, 1.54) is 32.3 Å². The lowest BCUT2D eigenvalue weighted by atomic mass is 9.95. The Balaban J connectivity index is 1.76. The number of fused-ring (bicyclic) bond motifs is 1. The van der Waals surface area contributed by atoms with Gasteiger partial charge >= 0.3 is 5.97 Å². The number of benzene rings is 1. The topological polar surface area (TPSA) is 93.7 Å². The third-order valence-corrected chi connectivity index (χ3v) is 5.89. The maximum atomic E-state index is 12.9. The Labute approximate surface area is 173 Å². The Morgan fingerprint density at radius 2 is 1.83 bits per heavy atom. The normalized spacial score (nSPS) is 13.8. The molecule has 2 amide bonds. The average Bonchev–Trinajstić information content (AvgIpc) is 3.05. The van der Waals surface area contributed by atoms with E-state index in [0.29, 0.717) is 22.0 Å². The summed E-state index contributed by atoms with van der Waals surface area (Å²) in [6.07, 6.45) is 2.66. The lowest BCUT2D eigenvalue weighted by Crippen LogP contribution is -2.30. The van der Waals surface area contributed by atoms with E-state index in [1.54, 1.807) is 24.3 Å². The van der Waals surface area contributed by atoms with Crippen LogP contribution in [0.1, 0.15) is 47.5 Å². The van der Waals surface area contributed by atoms with E-state index in [4.69, 9.17) is 9.47 Å². The lowest BCUT2D eigenvalue weighted by molar-refractivity contribution is -0.123. The largest absolute Gasteiger partial charge is 0.495 e. The Morgan fingerprint density at radius 1 is 1.10 bits per heavy atom. The third kappa shape index (κ3) is 4.76. The number of thiophene rings is 1. The second kappa shape index (κ2) is 9.09. The minimum Gasteiger partial charge on any atom is -0.495 e. The molecule has 1 atom stereocenters. The first-order valence-corrected chi connectivity index (χ1v) is 10.3. The molecule has 8 heteroatoms. The lowest BCUT2D eigenvalue weighted by Gasteiger charge is -2.17. The number of methoxy groups -OCH3 is 1. The van der Waals surface area contributed by atoms with Crippen molar-refractivity contribution in [3.8, 4) is 5.75 Å². The zero-order chi connectivity index (χ0) is 21.0. The molecular weight excluding hydrogens is 392 g/mol. The maximum Gasteiger partial charge on any atom is 0.342 e. The van der Waals surface area contributed by atoms with Crippen LogP contribution in [0.3, 0.4) is 0 Å². The fourth-order valence-electron chi connectivity index (χ4n) is 3.29. The molecule has 1 aliphatic rings. The number of ether oxygens (including phenoxy) is 2. The molecule has 0 spiro atoms. The van der Waals surface area contributed by atoms with Crippen LogP contribution in [0.15, 0.2) is 24.3 Å². The standard InChI is InChI=1S/C21H24N2O5S/c1-12(19(25)23-15-9-5-6-10-16(15)27-3)28-21(26)18-14-8-4-7-11-17(14)29-20(18)22-13(2)24/h5-6,9-10,12H,4,7-8,11H2,1-3H3,(H,22,24)(H,23,25). The zero-order valence-electron chi connectivity index (χ0n) is 16.7. The Kier molecular flexibility index (Phi) is 6.53. The maximum absolute atomic E-state index is 12.9. The molecule has 154 valence electrons. The number of aryl methyl sites for hydroxylation is 1. The van der Waals surface area contributed by atoms with Crippen molar-refractivity contribution in [1.82, 2.24) is 0 Å². The number of carbonyl (C=O) groups is 3. The highest BCUT2D eigenvalue weighted by Gasteiger charge is 2.29. The molecule has 1 aliphatic carbocycles. The second-order valence-electron chi connectivity index (χ2n) is 6.83. The Bertz CT molecular complexity index is 937. The van der Waals surface area contributed by atoms with Gasteiger partial charge in [0.15, 0.2) is 6.10 Å². The van der Waals surface area contributed by atoms with E-state index in [2.05, 4.69) is 10.6 Å². The second-order valence-corrected chi connectivity index (χ2v) is 7.94. The summed E-state index contributed by atoms with van der Waals surface area (Å²) >= 11 is 1.41. The average molecular weight is 416 g/mol. The number of hydrogen-bond acceptors (Lipinski definition) is 6. The number of hydrogen-bond donors (Lipinski definition) is 2. The molecule has 2 aromatic rings. The van der Waals surface area contributed by atoms with Gasteiger partial charge < -0.3 is 20.1 Å². The SMILES string of the molecule is COc1ccccc1NC(=O)C(C)OC(=O)c1c(NC(C)=O)sc2c1CCCC2. The van der Waals surface area contributed by atoms with Crippen molar-refractivity contribution < 1.29 is 23.9 Å². The number of anilines is 2. The van der Waals surface area contributed by atoms with Crippen LogP contribution in [0.4, 0.5) is 10.7 Å². The number of esters is 1. The summed E-state index contributed by atoms with van der Waals surface area (Å²) in [6.45, 7) is 2.91. The molecule has 0 bridgehead atoms. The van der Waals surface area contributed by atoms with Gasteiger partial charge in [-0.25, -0.2) is 4.79 Å². The molecule has 0 radical (unpaired) electrons. The number of para-hydroxylation sites is 2. The summed E-state index contributed by atoms with van der Waals surface area (Å²) in [5.74, 6) is -0.803. The zero-order valence-corrected chi connectivity index (χ0v) is 17.5. The van der Waals surface area contributed by atoms with Gasteiger partial charge in [-0.2, -0.15) is 0 Å². The monoisotopic (exact) mass is 416 g/mol. The van der Waals surface area contributed by atoms with Gasteiger partial charge in [0.25, 0.3) is 5.91 Å². The third-order valence-electron chi connectivity index (χ3n) is 4.68. The van der Waals surface area contributed by atoms with E-state index in [9.17, 15) is 14.4 Å². The van der Waals surface area contributed by atoms with Crippen molar-refractivity contribution in [1.29, 1.82) is 0 Å². The molecule has 29 heavy (non-hydrogen) atoms. The first kappa shape index (κ1) is 20.9. The highest BCUT2D eigenvalue weighted by molar-refractivity contribution is 7.17. The summed E-state index contributed by atoms with van der Waals surface area (Å²) in [4.78, 5) is 38.1. The quantitative estimate of drug-likeness (QED) is 0.699. The molecule has 1 aromatic heterocycles. The molecule has 0 fully saturated rings. The fourth-order valence-corrected chi connectivity index (χ4v) is 4.61. The van der Waals surface area contributed by atoms with E-state index in [1.807, 2.05) is 0 Å². The molecular formula is C21H24N2O5S. The van der Waals surface area contributed by atoms with Crippen LogP contribution >= 0.6 is 11.3 Å². The molecule has 0 saturated carbocycles. The van der Waals surface area contributed by atoms with E-state index >= 15 is 0 Å². The van der Waals surface area contributed by atoms with Crippen molar-refractivity contribution >= 4 is 39.8 Å². The Morgan fingerprint density at radius 3 is 2.55 bits per heavy atom. The molecule has 7 nitrogen and oxygen atoms in total. The van der Waals surface area contributed by atoms with Crippen LogP contribution in [-0.2, 0) is 27.2 Å². The van der Waals surface area contributed by atoms with Crippen LogP contribution in [0.2, 0.25) is 0 Å². The summed E-state index contributed by atoms with van der Waals surface area (Å²) in [5, 5.41) is 5.94. The van der Waals surface area contributed by atoms with E-state index < -0.39 is 18.0 Å². The van der Waals surface area contributed by atoms with Gasteiger partial charge in [0.2, 0.25) is 5.91 Å². The Hall–Kier alpha value is -2.87. The van der Waals surface area contributed by atoms with Gasteiger partial charge in [-0.05, 0) is 50.3 Å². The minimum atomic E-state index is -1.02. The predicted molar refractivity (Wildman–Crippen MR) is 112 cm³/mol. The number of nitrogens with one attached hydrogen (secondary N) is 2. The van der Waals surface area contributed by atoms with Gasteiger partial charge in [0.1, 0.15) is 10.8 Å². The summed E-state index contributed by atoms with van der Waals surface area (Å²) in [6, 6.07) is 6.99. The van der Waals surface area contributed by atoms with Gasteiger partial charge in [-0.3, -0.25) is 9.59 Å². The van der Waals surface area contributed by atoms with Crippen LogP contribution in [0, 0.1) is 0 Å². The van der Waals surface area contributed by atoms with Crippen LogP contribution in [-0.4, -0.2) is 31.0 Å². The summed E-state index contributed by atoms with van der Waals surface area (Å²) in [7, 11) is 1.51. The summed E-state index contributed by atoms with van der Waals surface area (Å²) < 4.78 is 10.7. The molecule has 3 rings (SSSR count). The van der Waals surface area contributed by atoms with Gasteiger partial charge in [-0.1, -0.05) is 12.1 Å². The highest BCUT2D eigenvalue weighted by Crippen LogP contribution is 2.38. The predicted octanol–water partition coefficient (Wildman–Crippen LogP) is 3.78. The van der Waals surface area contributed by atoms with Crippen molar-refractivity contribution in [3.63, 3.8) is 0 Å². The fraction of sp³-hybridized carbons (Fsp3) is 0.381. The van der Waals surface area contributed by atoms with Crippen molar-refractivity contribution in [2.75, 3.05) is 17.7 Å². The smallest absolute Gasteiger partial charge is 0.342 e. The molecule has 1 heterocycles. The molecule has 0 aliphatic heterocycles. The van der Waals surface area contributed by atoms with Crippen LogP contribution in [0.25, 0.3) is 0 Å².